The molecule has 0 spiro atoms. The van der Waals surface area contributed by atoms with Crippen LogP contribution in [-0.2, 0) is 10.0 Å². The van der Waals surface area contributed by atoms with E-state index in [0.717, 1.165) is 42.6 Å². The minimum atomic E-state index is -3.70. The second-order valence-electron chi connectivity index (χ2n) is 7.74. The number of nitrogens with zero attached hydrogens (tertiary/aromatic N) is 2. The lowest BCUT2D eigenvalue weighted by Gasteiger charge is -2.30. The highest BCUT2D eigenvalue weighted by Crippen LogP contribution is 2.28. The third kappa shape index (κ3) is 3.84. The van der Waals surface area contributed by atoms with Crippen LogP contribution in [0.1, 0.15) is 18.4 Å². The molecule has 1 N–H and O–H groups in total. The number of nitrogens with one attached hydrogen (secondary N) is 1. The lowest BCUT2D eigenvalue weighted by Crippen LogP contribution is -2.36. The van der Waals surface area contributed by atoms with Gasteiger partial charge < -0.3 is 15.0 Å². The van der Waals surface area contributed by atoms with Crippen molar-refractivity contribution in [2.24, 2.45) is 0 Å². The second-order valence-corrected chi connectivity index (χ2v) is 9.55. The summed E-state index contributed by atoms with van der Waals surface area (Å²) < 4.78 is 33.3. The van der Waals surface area contributed by atoms with E-state index in [1.54, 1.807) is 43.6 Å². The van der Waals surface area contributed by atoms with Crippen molar-refractivity contribution in [1.29, 1.82) is 0 Å². The third-order valence-corrected chi connectivity index (χ3v) is 7.39. The fraction of sp³-hybridized carbons (Fsp3) is 0.364. The molecule has 0 bridgehead atoms. The van der Waals surface area contributed by atoms with Crippen LogP contribution >= 0.6 is 0 Å². The van der Waals surface area contributed by atoms with Gasteiger partial charge >= 0.3 is 0 Å². The lowest BCUT2D eigenvalue weighted by molar-refractivity contribution is 0.264. The molecule has 2 aromatic carbocycles. The molecule has 0 atom stereocenters. The molecule has 0 unspecified atom stereocenters. The number of aryl methyl sites for hydroxylation is 1. The molecule has 7 heteroatoms. The number of ether oxygens (including phenoxy) is 1. The highest BCUT2D eigenvalue weighted by molar-refractivity contribution is 7.90. The van der Waals surface area contributed by atoms with Crippen molar-refractivity contribution in [2.45, 2.75) is 30.7 Å². The summed E-state index contributed by atoms with van der Waals surface area (Å²) in [5.74, 6) is 0.701. The van der Waals surface area contributed by atoms with Gasteiger partial charge in [-0.25, -0.2) is 12.4 Å². The fourth-order valence-electron chi connectivity index (χ4n) is 3.84. The van der Waals surface area contributed by atoms with Crippen molar-refractivity contribution in [1.82, 2.24) is 8.87 Å². The van der Waals surface area contributed by atoms with Gasteiger partial charge in [0.25, 0.3) is 10.0 Å². The van der Waals surface area contributed by atoms with E-state index in [2.05, 4.69) is 17.3 Å². The quantitative estimate of drug-likeness (QED) is 0.691. The van der Waals surface area contributed by atoms with Crippen LogP contribution in [0.5, 0.6) is 5.75 Å². The first-order valence-electron chi connectivity index (χ1n) is 9.85. The van der Waals surface area contributed by atoms with Gasteiger partial charge in [-0.1, -0.05) is 6.07 Å². The Kier molecular flexibility index (Phi) is 5.27. The Balaban J connectivity index is 1.67. The van der Waals surface area contributed by atoms with Gasteiger partial charge in [0.05, 0.1) is 17.5 Å². The van der Waals surface area contributed by atoms with Crippen molar-refractivity contribution in [3.05, 3.63) is 54.2 Å². The number of piperidine rings is 1. The van der Waals surface area contributed by atoms with E-state index in [0.29, 0.717) is 17.3 Å². The van der Waals surface area contributed by atoms with Gasteiger partial charge in [0.15, 0.2) is 0 Å². The SMILES string of the molecule is COc1ccc2c(ccn2S(=O)(=O)c2ccc(C)c(NC3CCN(C)CC3)c2)c1. The van der Waals surface area contributed by atoms with Crippen LogP contribution in [0, 0.1) is 6.92 Å². The Hall–Kier alpha value is -2.51. The van der Waals surface area contributed by atoms with Gasteiger partial charge in [-0.15, -0.1) is 0 Å². The minimum absolute atomic E-state index is 0.284. The molecule has 154 valence electrons. The molecule has 6 nitrogen and oxygen atoms in total. The normalized spacial score (nSPS) is 16.2. The predicted octanol–water partition coefficient (Wildman–Crippen LogP) is 3.70. The number of anilines is 1. The summed E-state index contributed by atoms with van der Waals surface area (Å²) in [6, 6.07) is 12.9. The van der Waals surface area contributed by atoms with E-state index in [-0.39, 0.29) is 4.90 Å². The molecule has 0 saturated carbocycles. The third-order valence-electron chi connectivity index (χ3n) is 5.71. The van der Waals surface area contributed by atoms with Gasteiger partial charge in [0.2, 0.25) is 0 Å². The van der Waals surface area contributed by atoms with Crippen molar-refractivity contribution in [3.63, 3.8) is 0 Å². The van der Waals surface area contributed by atoms with E-state index < -0.39 is 10.0 Å². The van der Waals surface area contributed by atoms with Crippen molar-refractivity contribution < 1.29 is 13.2 Å². The molecule has 1 fully saturated rings. The number of hydrogen-bond acceptors (Lipinski definition) is 5. The number of benzene rings is 2. The fourth-order valence-corrected chi connectivity index (χ4v) is 5.22. The lowest BCUT2D eigenvalue weighted by atomic mass is 10.0. The van der Waals surface area contributed by atoms with Crippen molar-refractivity contribution in [2.75, 3.05) is 32.6 Å². The van der Waals surface area contributed by atoms with Crippen LogP contribution in [0.4, 0.5) is 5.69 Å². The summed E-state index contributed by atoms with van der Waals surface area (Å²) in [6.45, 7) is 4.10. The molecule has 1 saturated heterocycles. The minimum Gasteiger partial charge on any atom is -0.497 e. The van der Waals surface area contributed by atoms with Crippen LogP contribution in [0.15, 0.2) is 53.6 Å². The maximum absolute atomic E-state index is 13.4. The molecule has 0 amide bonds. The average Bonchev–Trinajstić information content (AvgIpc) is 3.15. The number of fused-ring (bicyclic) bond motifs is 1. The molecule has 0 aliphatic carbocycles. The predicted molar refractivity (Wildman–Crippen MR) is 116 cm³/mol. The Morgan fingerprint density at radius 2 is 1.83 bits per heavy atom. The summed E-state index contributed by atoms with van der Waals surface area (Å²) in [5, 5.41) is 4.39. The summed E-state index contributed by atoms with van der Waals surface area (Å²) >= 11 is 0. The van der Waals surface area contributed by atoms with Gasteiger partial charge in [0, 0.05) is 23.3 Å². The summed E-state index contributed by atoms with van der Waals surface area (Å²) in [7, 11) is 0.0249. The summed E-state index contributed by atoms with van der Waals surface area (Å²) in [6.07, 6.45) is 3.71. The molecular weight excluding hydrogens is 386 g/mol. The van der Waals surface area contributed by atoms with Gasteiger partial charge in [-0.05, 0) is 81.9 Å². The second kappa shape index (κ2) is 7.72. The summed E-state index contributed by atoms with van der Waals surface area (Å²) in [5.41, 5.74) is 2.57. The molecule has 0 radical (unpaired) electrons. The Morgan fingerprint density at radius 3 is 2.55 bits per heavy atom. The first-order valence-corrected chi connectivity index (χ1v) is 11.3. The number of rotatable bonds is 5. The van der Waals surface area contributed by atoms with E-state index in [1.807, 2.05) is 19.1 Å². The van der Waals surface area contributed by atoms with E-state index >= 15 is 0 Å². The number of hydrogen-bond donors (Lipinski definition) is 1. The van der Waals surface area contributed by atoms with Crippen LogP contribution in [0.3, 0.4) is 0 Å². The van der Waals surface area contributed by atoms with Gasteiger partial charge in [-0.2, -0.15) is 0 Å². The molecule has 1 aliphatic rings. The smallest absolute Gasteiger partial charge is 0.268 e. The zero-order valence-electron chi connectivity index (χ0n) is 17.1. The highest BCUT2D eigenvalue weighted by Gasteiger charge is 2.22. The van der Waals surface area contributed by atoms with E-state index in [9.17, 15) is 8.42 Å². The molecular formula is C22H27N3O3S. The first kappa shape index (κ1) is 19.8. The Morgan fingerprint density at radius 1 is 1.07 bits per heavy atom. The van der Waals surface area contributed by atoms with E-state index in [4.69, 9.17) is 4.74 Å². The monoisotopic (exact) mass is 413 g/mol. The van der Waals surface area contributed by atoms with Crippen LogP contribution in [0.25, 0.3) is 10.9 Å². The van der Waals surface area contributed by atoms with Crippen molar-refractivity contribution >= 4 is 26.6 Å². The molecule has 2 heterocycles. The maximum atomic E-state index is 13.4. The van der Waals surface area contributed by atoms with Crippen LogP contribution < -0.4 is 10.1 Å². The Bertz CT molecular complexity index is 1130. The maximum Gasteiger partial charge on any atom is 0.268 e. The van der Waals surface area contributed by atoms with Crippen molar-refractivity contribution in [3.8, 4) is 5.75 Å². The molecule has 1 aliphatic heterocycles. The first-order chi connectivity index (χ1) is 13.9. The van der Waals surface area contributed by atoms with Gasteiger partial charge in [-0.3, -0.25) is 0 Å². The van der Waals surface area contributed by atoms with Crippen LogP contribution in [-0.4, -0.2) is 50.6 Å². The number of methoxy groups -OCH3 is 1. The zero-order chi connectivity index (χ0) is 20.6. The average molecular weight is 414 g/mol. The molecule has 3 aromatic rings. The molecule has 1 aromatic heterocycles. The Labute approximate surface area is 172 Å². The highest BCUT2D eigenvalue weighted by atomic mass is 32.2. The van der Waals surface area contributed by atoms with Gasteiger partial charge in [0.1, 0.15) is 5.75 Å². The standard InChI is InChI=1S/C22H27N3O3S/c1-16-4-6-20(15-21(16)23-18-9-11-24(2)12-10-18)29(26,27)25-13-8-17-14-19(28-3)5-7-22(17)25/h4-8,13-15,18,23H,9-12H2,1-3H3. The van der Waals surface area contributed by atoms with E-state index in [1.165, 1.54) is 3.97 Å². The van der Waals surface area contributed by atoms with Crippen LogP contribution in [0.2, 0.25) is 0 Å². The summed E-state index contributed by atoms with van der Waals surface area (Å²) in [4.78, 5) is 2.60. The number of aromatic nitrogens is 1. The zero-order valence-corrected chi connectivity index (χ0v) is 17.9. The largest absolute Gasteiger partial charge is 0.497 e. The topological polar surface area (TPSA) is 63.6 Å². The molecule has 29 heavy (non-hydrogen) atoms. The molecule has 4 rings (SSSR count). The number of likely N-dealkylation sites (tertiary alicyclic amines) is 1.